The molecule has 0 radical (unpaired) electrons. The minimum absolute atomic E-state index is 0.166. The number of rotatable bonds is 5. The molecule has 1 amide bonds. The van der Waals surface area contributed by atoms with Gasteiger partial charge in [0.2, 0.25) is 0 Å². The first-order chi connectivity index (χ1) is 12.2. The normalized spacial score (nSPS) is 14.5. The number of nitrogens with zero attached hydrogens (tertiary/aromatic N) is 4. The van der Waals surface area contributed by atoms with Gasteiger partial charge in [0.25, 0.3) is 5.91 Å². The Morgan fingerprint density at radius 2 is 2.20 bits per heavy atom. The number of methoxy groups -OCH3 is 1. The Kier molecular flexibility index (Phi) is 3.91. The van der Waals surface area contributed by atoms with Crippen molar-refractivity contribution in [2.24, 2.45) is 7.05 Å². The topological polar surface area (TPSA) is 73.5 Å². The highest BCUT2D eigenvalue weighted by atomic mass is 16.5. The van der Waals surface area contributed by atoms with Crippen molar-refractivity contribution >= 4 is 11.4 Å². The number of fused-ring (bicyclic) bond motifs is 1. The Morgan fingerprint density at radius 3 is 2.92 bits per heavy atom. The predicted octanol–water partition coefficient (Wildman–Crippen LogP) is 2.27. The zero-order valence-corrected chi connectivity index (χ0v) is 14.4. The van der Waals surface area contributed by atoms with Gasteiger partial charge in [-0.05, 0) is 36.5 Å². The Morgan fingerprint density at radius 1 is 1.36 bits per heavy atom. The van der Waals surface area contributed by atoms with Gasteiger partial charge in [-0.1, -0.05) is 6.42 Å². The van der Waals surface area contributed by atoms with Crippen molar-refractivity contribution in [2.45, 2.75) is 31.7 Å². The summed E-state index contributed by atoms with van der Waals surface area (Å²) in [6, 6.07) is 3.66. The van der Waals surface area contributed by atoms with E-state index in [0.29, 0.717) is 29.3 Å². The number of hydrogen-bond acceptors (Lipinski definition) is 4. The smallest absolute Gasteiger partial charge is 0.255 e. The molecule has 0 aliphatic heterocycles. The maximum atomic E-state index is 12.7. The van der Waals surface area contributed by atoms with E-state index in [-0.39, 0.29) is 5.91 Å². The van der Waals surface area contributed by atoms with E-state index in [1.807, 2.05) is 30.1 Å². The van der Waals surface area contributed by atoms with E-state index in [4.69, 9.17) is 4.74 Å². The molecular weight excluding hydrogens is 318 g/mol. The van der Waals surface area contributed by atoms with Gasteiger partial charge < -0.3 is 10.1 Å². The highest BCUT2D eigenvalue weighted by Gasteiger charge is 2.25. The summed E-state index contributed by atoms with van der Waals surface area (Å²) in [5.74, 6) is 1.04. The van der Waals surface area contributed by atoms with E-state index < -0.39 is 0 Å². The van der Waals surface area contributed by atoms with Crippen molar-refractivity contribution in [1.82, 2.24) is 24.7 Å². The third-order valence-corrected chi connectivity index (χ3v) is 5.02. The molecule has 4 rings (SSSR count). The molecule has 0 spiro atoms. The van der Waals surface area contributed by atoms with E-state index in [2.05, 4.69) is 15.5 Å². The molecule has 7 nitrogen and oxygen atoms in total. The van der Waals surface area contributed by atoms with Gasteiger partial charge in [-0.2, -0.15) is 10.2 Å². The van der Waals surface area contributed by atoms with Crippen LogP contribution in [-0.2, 0) is 13.6 Å². The summed E-state index contributed by atoms with van der Waals surface area (Å²) in [4.78, 5) is 12.7. The van der Waals surface area contributed by atoms with Crippen LogP contribution in [-0.4, -0.2) is 32.4 Å². The molecule has 1 aliphatic rings. The van der Waals surface area contributed by atoms with E-state index in [1.54, 1.807) is 24.0 Å². The van der Waals surface area contributed by atoms with Crippen molar-refractivity contribution in [3.8, 4) is 5.75 Å². The number of carbonyl (C=O) groups is 1. The third kappa shape index (κ3) is 2.65. The monoisotopic (exact) mass is 339 g/mol. The maximum absolute atomic E-state index is 12.7. The standard InChI is InChI=1S/C18H21N5O2/c1-22-15(13(9-20-22)12-5-3-6-12)11-19-18(24)14-10-21-23-8-4-7-16(25-2)17(14)23/h4,7-10,12H,3,5-6,11H2,1-2H3,(H,19,24). The summed E-state index contributed by atoms with van der Waals surface area (Å²) < 4.78 is 8.87. The Hall–Kier alpha value is -2.83. The van der Waals surface area contributed by atoms with Crippen LogP contribution in [0.25, 0.3) is 5.52 Å². The van der Waals surface area contributed by atoms with Crippen LogP contribution in [0.5, 0.6) is 5.75 Å². The molecule has 0 unspecified atom stereocenters. The van der Waals surface area contributed by atoms with E-state index in [0.717, 1.165) is 5.69 Å². The lowest BCUT2D eigenvalue weighted by molar-refractivity contribution is 0.0951. The molecule has 130 valence electrons. The first-order valence-corrected chi connectivity index (χ1v) is 8.48. The fourth-order valence-electron chi connectivity index (χ4n) is 3.36. The summed E-state index contributed by atoms with van der Waals surface area (Å²) in [6.45, 7) is 0.452. The molecule has 0 saturated heterocycles. The number of pyridine rings is 1. The zero-order chi connectivity index (χ0) is 17.4. The summed E-state index contributed by atoms with van der Waals surface area (Å²) in [7, 11) is 3.51. The summed E-state index contributed by atoms with van der Waals surface area (Å²) >= 11 is 0. The van der Waals surface area contributed by atoms with Crippen LogP contribution in [0.1, 0.15) is 46.8 Å². The molecule has 0 aromatic carbocycles. The lowest BCUT2D eigenvalue weighted by atomic mass is 9.80. The molecular formula is C18H21N5O2. The largest absolute Gasteiger partial charge is 0.494 e. The quantitative estimate of drug-likeness (QED) is 0.774. The predicted molar refractivity (Wildman–Crippen MR) is 92.7 cm³/mol. The highest BCUT2D eigenvalue weighted by Crippen LogP contribution is 2.37. The van der Waals surface area contributed by atoms with E-state index in [9.17, 15) is 4.79 Å². The number of nitrogens with one attached hydrogen (secondary N) is 1. The molecule has 3 heterocycles. The Balaban J connectivity index is 1.57. The van der Waals surface area contributed by atoms with Crippen LogP contribution in [0.2, 0.25) is 0 Å². The van der Waals surface area contributed by atoms with Crippen LogP contribution in [0.3, 0.4) is 0 Å². The molecule has 1 saturated carbocycles. The van der Waals surface area contributed by atoms with Crippen molar-refractivity contribution in [1.29, 1.82) is 0 Å². The van der Waals surface area contributed by atoms with Gasteiger partial charge in [0.05, 0.1) is 37.3 Å². The second-order valence-electron chi connectivity index (χ2n) is 6.41. The molecule has 1 fully saturated rings. The van der Waals surface area contributed by atoms with Crippen LogP contribution in [0, 0.1) is 0 Å². The van der Waals surface area contributed by atoms with E-state index >= 15 is 0 Å². The lowest BCUT2D eigenvalue weighted by Gasteiger charge is -2.25. The number of ether oxygens (including phenoxy) is 1. The molecule has 3 aromatic rings. The second kappa shape index (κ2) is 6.23. The first kappa shape index (κ1) is 15.7. The van der Waals surface area contributed by atoms with Gasteiger partial charge in [0, 0.05) is 13.2 Å². The van der Waals surface area contributed by atoms with Gasteiger partial charge in [-0.15, -0.1) is 0 Å². The van der Waals surface area contributed by atoms with Crippen molar-refractivity contribution in [3.05, 3.63) is 47.5 Å². The molecule has 0 atom stereocenters. The maximum Gasteiger partial charge on any atom is 0.255 e. The fourth-order valence-corrected chi connectivity index (χ4v) is 3.36. The molecule has 0 bridgehead atoms. The van der Waals surface area contributed by atoms with Crippen molar-refractivity contribution in [3.63, 3.8) is 0 Å². The lowest BCUT2D eigenvalue weighted by Crippen LogP contribution is -2.25. The average Bonchev–Trinajstić information content (AvgIpc) is 3.15. The van der Waals surface area contributed by atoms with Crippen molar-refractivity contribution in [2.75, 3.05) is 7.11 Å². The number of amides is 1. The number of aryl methyl sites for hydroxylation is 1. The molecule has 1 aliphatic carbocycles. The number of aromatic nitrogens is 4. The highest BCUT2D eigenvalue weighted by molar-refractivity contribution is 6.02. The van der Waals surface area contributed by atoms with Gasteiger partial charge in [0.1, 0.15) is 11.3 Å². The summed E-state index contributed by atoms with van der Waals surface area (Å²) in [5, 5.41) is 11.6. The van der Waals surface area contributed by atoms with Gasteiger partial charge >= 0.3 is 0 Å². The average molecular weight is 339 g/mol. The fraction of sp³-hybridized carbons (Fsp3) is 0.389. The number of hydrogen-bond donors (Lipinski definition) is 1. The number of carbonyl (C=O) groups excluding carboxylic acids is 1. The third-order valence-electron chi connectivity index (χ3n) is 5.02. The van der Waals surface area contributed by atoms with Crippen LogP contribution < -0.4 is 10.1 Å². The minimum Gasteiger partial charge on any atom is -0.494 e. The van der Waals surface area contributed by atoms with Crippen LogP contribution >= 0.6 is 0 Å². The Bertz CT molecular complexity index is 923. The molecule has 7 heteroatoms. The SMILES string of the molecule is COc1cccn2ncc(C(=O)NCc3c(C4CCC4)cnn3C)c12. The first-order valence-electron chi connectivity index (χ1n) is 8.48. The van der Waals surface area contributed by atoms with Gasteiger partial charge in [0.15, 0.2) is 0 Å². The Labute approximate surface area is 145 Å². The van der Waals surface area contributed by atoms with Crippen molar-refractivity contribution < 1.29 is 9.53 Å². The summed E-state index contributed by atoms with van der Waals surface area (Å²) in [5.41, 5.74) is 3.50. The minimum atomic E-state index is -0.166. The second-order valence-corrected chi connectivity index (χ2v) is 6.41. The zero-order valence-electron chi connectivity index (χ0n) is 14.4. The van der Waals surface area contributed by atoms with Gasteiger partial charge in [-0.25, -0.2) is 4.52 Å². The van der Waals surface area contributed by atoms with Crippen LogP contribution in [0.4, 0.5) is 0 Å². The summed E-state index contributed by atoms with van der Waals surface area (Å²) in [6.07, 6.45) is 8.99. The molecule has 25 heavy (non-hydrogen) atoms. The molecule has 1 N–H and O–H groups in total. The molecule has 3 aromatic heterocycles. The van der Waals surface area contributed by atoms with E-state index in [1.165, 1.54) is 24.8 Å². The van der Waals surface area contributed by atoms with Gasteiger partial charge in [-0.3, -0.25) is 9.48 Å². The van der Waals surface area contributed by atoms with Crippen LogP contribution in [0.15, 0.2) is 30.7 Å².